The Bertz CT molecular complexity index is 645. The zero-order chi connectivity index (χ0) is 16.7. The summed E-state index contributed by atoms with van der Waals surface area (Å²) >= 11 is 0. The molecule has 1 heterocycles. The van der Waals surface area contributed by atoms with Crippen LogP contribution in [0, 0.1) is 5.92 Å². The van der Waals surface area contributed by atoms with Gasteiger partial charge in [0.25, 0.3) is 0 Å². The van der Waals surface area contributed by atoms with Gasteiger partial charge in [0.05, 0.1) is 7.11 Å². The van der Waals surface area contributed by atoms with Crippen molar-refractivity contribution in [2.75, 3.05) is 20.2 Å². The third-order valence-electron chi connectivity index (χ3n) is 6.89. The van der Waals surface area contributed by atoms with E-state index in [0.717, 1.165) is 24.3 Å². The first kappa shape index (κ1) is 16.2. The molecule has 0 aromatic heterocycles. The van der Waals surface area contributed by atoms with E-state index in [2.05, 4.69) is 43.0 Å². The molecule has 0 radical (unpaired) electrons. The molecule has 24 heavy (non-hydrogen) atoms. The number of methoxy groups -OCH3 is 1. The average Bonchev–Trinajstić information content (AvgIpc) is 2.60. The second-order valence-electron chi connectivity index (χ2n) is 8.33. The monoisotopic (exact) mass is 325 g/mol. The zero-order valence-corrected chi connectivity index (χ0v) is 15.5. The summed E-state index contributed by atoms with van der Waals surface area (Å²) in [6.07, 6.45) is 10.6. The van der Waals surface area contributed by atoms with Gasteiger partial charge < -0.3 is 4.74 Å². The van der Waals surface area contributed by atoms with Crippen LogP contribution in [-0.2, 0) is 11.8 Å². The summed E-state index contributed by atoms with van der Waals surface area (Å²) in [5, 5.41) is 0. The lowest BCUT2D eigenvalue weighted by molar-refractivity contribution is -0.00528. The summed E-state index contributed by atoms with van der Waals surface area (Å²) in [7, 11) is 1.80. The highest BCUT2D eigenvalue weighted by Gasteiger charge is 2.53. The quantitative estimate of drug-likeness (QED) is 0.746. The van der Waals surface area contributed by atoms with Gasteiger partial charge in [0.15, 0.2) is 0 Å². The summed E-state index contributed by atoms with van der Waals surface area (Å²) in [5.74, 6) is 1.88. The molecule has 2 fully saturated rings. The maximum Gasteiger partial charge on any atom is 0.119 e. The Morgan fingerprint density at radius 3 is 2.96 bits per heavy atom. The number of fused-ring (bicyclic) bond motifs is 1. The van der Waals surface area contributed by atoms with E-state index >= 15 is 0 Å². The number of rotatable bonds is 3. The molecule has 3 atom stereocenters. The van der Waals surface area contributed by atoms with Gasteiger partial charge in [0.2, 0.25) is 0 Å². The molecule has 3 aliphatic rings. The van der Waals surface area contributed by atoms with E-state index in [9.17, 15) is 0 Å². The highest BCUT2D eigenvalue weighted by Crippen LogP contribution is 2.56. The van der Waals surface area contributed by atoms with Crippen molar-refractivity contribution >= 4 is 0 Å². The Kier molecular flexibility index (Phi) is 4.20. The minimum Gasteiger partial charge on any atom is -0.497 e. The molecule has 0 unspecified atom stereocenters. The van der Waals surface area contributed by atoms with Crippen molar-refractivity contribution in [3.05, 3.63) is 41.0 Å². The van der Waals surface area contributed by atoms with Crippen molar-refractivity contribution in [1.82, 2.24) is 4.90 Å². The lowest BCUT2D eigenvalue weighted by Gasteiger charge is -2.59. The molecular formula is C22H31NO. The Morgan fingerprint density at radius 2 is 2.17 bits per heavy atom. The maximum absolute atomic E-state index is 5.56. The normalized spacial score (nSPS) is 31.8. The summed E-state index contributed by atoms with van der Waals surface area (Å²) in [5.41, 5.74) is 5.08. The maximum atomic E-state index is 5.56. The molecule has 1 aromatic carbocycles. The summed E-state index contributed by atoms with van der Waals surface area (Å²) < 4.78 is 5.56. The molecule has 2 aliphatic carbocycles. The average molecular weight is 325 g/mol. The number of benzene rings is 1. The fourth-order valence-corrected chi connectivity index (χ4v) is 5.72. The fourth-order valence-electron chi connectivity index (χ4n) is 5.72. The van der Waals surface area contributed by atoms with Crippen LogP contribution in [0.25, 0.3) is 0 Å². The van der Waals surface area contributed by atoms with Crippen LogP contribution in [0.1, 0.15) is 57.1 Å². The van der Waals surface area contributed by atoms with Gasteiger partial charge >= 0.3 is 0 Å². The van der Waals surface area contributed by atoms with Crippen LogP contribution in [-0.4, -0.2) is 31.1 Å². The molecule has 2 nitrogen and oxygen atoms in total. The predicted octanol–water partition coefficient (Wildman–Crippen LogP) is 4.72. The number of allylic oxidation sites excluding steroid dienone is 1. The fraction of sp³-hybridized carbons (Fsp3) is 0.636. The third-order valence-corrected chi connectivity index (χ3v) is 6.89. The van der Waals surface area contributed by atoms with Crippen molar-refractivity contribution in [3.8, 4) is 5.75 Å². The molecule has 1 saturated heterocycles. The van der Waals surface area contributed by atoms with Crippen LogP contribution >= 0.6 is 0 Å². The van der Waals surface area contributed by atoms with Gasteiger partial charge in [-0.25, -0.2) is 0 Å². The highest BCUT2D eigenvalue weighted by molar-refractivity contribution is 5.45. The van der Waals surface area contributed by atoms with Gasteiger partial charge in [-0.05, 0) is 75.3 Å². The van der Waals surface area contributed by atoms with E-state index in [4.69, 9.17) is 4.74 Å². The molecular weight excluding hydrogens is 294 g/mol. The van der Waals surface area contributed by atoms with Crippen LogP contribution in [0.3, 0.4) is 0 Å². The van der Waals surface area contributed by atoms with Crippen molar-refractivity contribution in [2.24, 2.45) is 5.92 Å². The van der Waals surface area contributed by atoms with Crippen LogP contribution in [0.2, 0.25) is 0 Å². The first-order chi connectivity index (χ1) is 11.6. The minimum absolute atomic E-state index is 0.423. The van der Waals surface area contributed by atoms with Gasteiger partial charge in [0.1, 0.15) is 5.75 Å². The van der Waals surface area contributed by atoms with Crippen molar-refractivity contribution < 1.29 is 4.74 Å². The van der Waals surface area contributed by atoms with E-state index in [0.29, 0.717) is 5.41 Å². The van der Waals surface area contributed by atoms with Crippen LogP contribution < -0.4 is 4.74 Å². The number of ether oxygens (including phenoxy) is 1. The SMILES string of the molecule is COc1ccc2c(c1)[C@@]13CCCC[C@H]1[C@@H](C2)N(CC=C(C)C)CC3. The molecule has 4 rings (SSSR count). The zero-order valence-electron chi connectivity index (χ0n) is 15.5. The molecule has 0 N–H and O–H groups in total. The largest absolute Gasteiger partial charge is 0.497 e. The Morgan fingerprint density at radius 1 is 1.29 bits per heavy atom. The Hall–Kier alpha value is -1.28. The molecule has 1 aromatic rings. The first-order valence-corrected chi connectivity index (χ1v) is 9.69. The molecule has 0 amide bonds. The van der Waals surface area contributed by atoms with E-state index in [-0.39, 0.29) is 0 Å². The number of hydrogen-bond donors (Lipinski definition) is 0. The highest BCUT2D eigenvalue weighted by atomic mass is 16.5. The summed E-state index contributed by atoms with van der Waals surface area (Å²) in [6, 6.07) is 7.61. The molecule has 2 heteroatoms. The minimum atomic E-state index is 0.423. The summed E-state index contributed by atoms with van der Waals surface area (Å²) in [6.45, 7) is 6.82. The molecule has 1 aliphatic heterocycles. The van der Waals surface area contributed by atoms with E-state index < -0.39 is 0 Å². The summed E-state index contributed by atoms with van der Waals surface area (Å²) in [4.78, 5) is 2.77. The van der Waals surface area contributed by atoms with Gasteiger partial charge in [0, 0.05) is 18.0 Å². The molecule has 0 spiro atoms. The second-order valence-corrected chi connectivity index (χ2v) is 8.33. The Balaban J connectivity index is 1.74. The topological polar surface area (TPSA) is 12.5 Å². The van der Waals surface area contributed by atoms with Gasteiger partial charge in [-0.3, -0.25) is 4.90 Å². The van der Waals surface area contributed by atoms with Crippen molar-refractivity contribution in [2.45, 2.75) is 63.8 Å². The molecule has 1 saturated carbocycles. The van der Waals surface area contributed by atoms with Crippen LogP contribution in [0.15, 0.2) is 29.8 Å². The second kappa shape index (κ2) is 6.22. The lowest BCUT2D eigenvalue weighted by Crippen LogP contribution is -2.60. The van der Waals surface area contributed by atoms with E-state index in [1.54, 1.807) is 18.2 Å². The number of hydrogen-bond acceptors (Lipinski definition) is 2. The standard InChI is InChI=1S/C22H31NO/c1-16(2)9-12-23-13-11-22-10-5-4-6-19(22)21(23)14-17-7-8-18(24-3)15-20(17)22/h7-9,15,19,21H,4-6,10-14H2,1-3H3/t19-,21+,22+/m0/s1. The van der Waals surface area contributed by atoms with Crippen LogP contribution in [0.4, 0.5) is 0 Å². The number of nitrogens with zero attached hydrogens (tertiary/aromatic N) is 1. The smallest absolute Gasteiger partial charge is 0.119 e. The van der Waals surface area contributed by atoms with Gasteiger partial charge in [-0.15, -0.1) is 0 Å². The number of piperidine rings is 1. The van der Waals surface area contributed by atoms with Crippen molar-refractivity contribution in [3.63, 3.8) is 0 Å². The van der Waals surface area contributed by atoms with E-state index in [1.807, 2.05) is 0 Å². The number of likely N-dealkylation sites (tertiary alicyclic amines) is 1. The molecule has 2 bridgehead atoms. The molecule has 130 valence electrons. The van der Waals surface area contributed by atoms with E-state index in [1.165, 1.54) is 50.6 Å². The first-order valence-electron chi connectivity index (χ1n) is 9.69. The Labute approximate surface area is 146 Å². The third kappa shape index (κ3) is 2.50. The van der Waals surface area contributed by atoms with Crippen LogP contribution in [0.5, 0.6) is 5.75 Å². The predicted molar refractivity (Wildman–Crippen MR) is 99.7 cm³/mol. The van der Waals surface area contributed by atoms with Gasteiger partial charge in [-0.2, -0.15) is 0 Å². The van der Waals surface area contributed by atoms with Crippen molar-refractivity contribution in [1.29, 1.82) is 0 Å². The van der Waals surface area contributed by atoms with Gasteiger partial charge in [-0.1, -0.05) is 30.6 Å². The lowest BCUT2D eigenvalue weighted by atomic mass is 9.52.